The third-order valence-electron chi connectivity index (χ3n) is 3.56. The van der Waals surface area contributed by atoms with Gasteiger partial charge in [0.1, 0.15) is 4.21 Å². The van der Waals surface area contributed by atoms with Gasteiger partial charge in [0.05, 0.1) is 0 Å². The lowest BCUT2D eigenvalue weighted by atomic mass is 10.00. The monoisotopic (exact) mass is 302 g/mol. The second-order valence-corrected chi connectivity index (χ2v) is 8.51. The molecule has 1 fully saturated rings. The van der Waals surface area contributed by atoms with Crippen molar-refractivity contribution in [3.8, 4) is 0 Å². The first-order valence-electron chi connectivity index (χ1n) is 6.79. The van der Waals surface area contributed by atoms with Gasteiger partial charge in [-0.25, -0.2) is 8.42 Å². The van der Waals surface area contributed by atoms with Crippen molar-refractivity contribution < 1.29 is 8.42 Å². The van der Waals surface area contributed by atoms with E-state index in [9.17, 15) is 8.42 Å². The van der Waals surface area contributed by atoms with E-state index in [4.69, 9.17) is 0 Å². The number of rotatable bonds is 5. The van der Waals surface area contributed by atoms with Gasteiger partial charge in [0.25, 0.3) is 10.0 Å². The Hall–Kier alpha value is -0.430. The first kappa shape index (κ1) is 15.0. The highest BCUT2D eigenvalue weighted by Gasteiger charge is 2.25. The van der Waals surface area contributed by atoms with Gasteiger partial charge < -0.3 is 5.32 Å². The van der Waals surface area contributed by atoms with Crippen LogP contribution in [0, 0.1) is 5.92 Å². The lowest BCUT2D eigenvalue weighted by Crippen LogP contribution is -2.38. The summed E-state index contributed by atoms with van der Waals surface area (Å²) in [4.78, 5) is 1.12. The Balaban J connectivity index is 2.05. The van der Waals surface area contributed by atoms with Crippen LogP contribution >= 0.6 is 11.3 Å². The van der Waals surface area contributed by atoms with Crippen molar-refractivity contribution in [1.82, 2.24) is 9.62 Å². The molecular formula is C13H22N2O2S2. The van der Waals surface area contributed by atoms with Crippen LogP contribution in [0.4, 0.5) is 0 Å². The van der Waals surface area contributed by atoms with Crippen LogP contribution in [0.2, 0.25) is 0 Å². The van der Waals surface area contributed by atoms with Gasteiger partial charge in [-0.3, -0.25) is 0 Å². The van der Waals surface area contributed by atoms with Crippen molar-refractivity contribution >= 4 is 21.4 Å². The molecule has 1 aromatic heterocycles. The van der Waals surface area contributed by atoms with Crippen molar-refractivity contribution in [3.63, 3.8) is 0 Å². The molecule has 0 spiro atoms. The van der Waals surface area contributed by atoms with E-state index in [1.807, 2.05) is 13.0 Å². The van der Waals surface area contributed by atoms with Crippen LogP contribution in [0.25, 0.3) is 0 Å². The van der Waals surface area contributed by atoms with E-state index in [0.717, 1.165) is 37.2 Å². The van der Waals surface area contributed by atoms with Crippen molar-refractivity contribution in [3.05, 3.63) is 17.0 Å². The molecule has 0 aromatic carbocycles. The predicted octanol–water partition coefficient (Wildman–Crippen LogP) is 1.93. The molecule has 0 aliphatic carbocycles. The molecule has 108 valence electrons. The SMILES string of the molecule is CCc1ccc(S(=O)(=O)N(C)CC2CCCNC2)s1. The number of aryl methyl sites for hydroxylation is 1. The summed E-state index contributed by atoms with van der Waals surface area (Å²) in [5.41, 5.74) is 0. The fourth-order valence-corrected chi connectivity index (χ4v) is 5.14. The van der Waals surface area contributed by atoms with E-state index in [2.05, 4.69) is 5.32 Å². The van der Waals surface area contributed by atoms with Crippen LogP contribution < -0.4 is 5.32 Å². The van der Waals surface area contributed by atoms with Gasteiger partial charge >= 0.3 is 0 Å². The lowest BCUT2D eigenvalue weighted by molar-refractivity contribution is 0.315. The molecule has 19 heavy (non-hydrogen) atoms. The molecule has 1 N–H and O–H groups in total. The molecule has 1 aromatic rings. The fourth-order valence-electron chi connectivity index (χ4n) is 2.38. The highest BCUT2D eigenvalue weighted by Crippen LogP contribution is 2.25. The van der Waals surface area contributed by atoms with Crippen molar-refractivity contribution in [2.45, 2.75) is 30.4 Å². The third kappa shape index (κ3) is 3.56. The second-order valence-electron chi connectivity index (χ2n) is 5.07. The van der Waals surface area contributed by atoms with E-state index < -0.39 is 10.0 Å². The third-order valence-corrected chi connectivity index (χ3v) is 7.08. The van der Waals surface area contributed by atoms with Gasteiger partial charge in [-0.2, -0.15) is 4.31 Å². The van der Waals surface area contributed by atoms with Gasteiger partial charge in [-0.1, -0.05) is 6.92 Å². The molecule has 4 nitrogen and oxygen atoms in total. The van der Waals surface area contributed by atoms with E-state index in [1.54, 1.807) is 13.1 Å². The number of thiophene rings is 1. The minimum Gasteiger partial charge on any atom is -0.316 e. The summed E-state index contributed by atoms with van der Waals surface area (Å²) in [6, 6.07) is 3.64. The van der Waals surface area contributed by atoms with Gasteiger partial charge in [0, 0.05) is 18.5 Å². The molecule has 0 saturated carbocycles. The van der Waals surface area contributed by atoms with Crippen LogP contribution in [-0.4, -0.2) is 39.4 Å². The Morgan fingerprint density at radius 3 is 2.84 bits per heavy atom. The molecule has 0 amide bonds. The lowest BCUT2D eigenvalue weighted by Gasteiger charge is -2.26. The average molecular weight is 302 g/mol. The molecule has 2 rings (SSSR count). The standard InChI is InChI=1S/C13H22N2O2S2/c1-3-12-6-7-13(18-12)19(16,17)15(2)10-11-5-4-8-14-9-11/h6-7,11,14H,3-5,8-10H2,1-2H3. The summed E-state index contributed by atoms with van der Waals surface area (Å²) in [6.45, 7) is 4.62. The molecule has 0 radical (unpaired) electrons. The van der Waals surface area contributed by atoms with Gasteiger partial charge in [-0.05, 0) is 50.4 Å². The molecule has 1 saturated heterocycles. The summed E-state index contributed by atoms with van der Waals surface area (Å²) in [7, 11) is -1.61. The van der Waals surface area contributed by atoms with Crippen LogP contribution in [0.5, 0.6) is 0 Å². The Morgan fingerprint density at radius 2 is 2.26 bits per heavy atom. The number of nitrogens with one attached hydrogen (secondary N) is 1. The molecule has 2 heterocycles. The molecule has 1 atom stereocenters. The Kier molecular flexibility index (Phi) is 5.00. The van der Waals surface area contributed by atoms with Gasteiger partial charge in [0.15, 0.2) is 0 Å². The maximum atomic E-state index is 12.5. The number of sulfonamides is 1. The fraction of sp³-hybridized carbons (Fsp3) is 0.692. The second kappa shape index (κ2) is 6.35. The van der Waals surface area contributed by atoms with Crippen LogP contribution in [0.3, 0.4) is 0 Å². The normalized spacial score (nSPS) is 20.9. The first-order valence-corrected chi connectivity index (χ1v) is 9.05. The van der Waals surface area contributed by atoms with Crippen molar-refractivity contribution in [2.24, 2.45) is 5.92 Å². The van der Waals surface area contributed by atoms with E-state index in [0.29, 0.717) is 16.7 Å². The number of hydrogen-bond donors (Lipinski definition) is 1. The minimum absolute atomic E-state index is 0.430. The summed E-state index contributed by atoms with van der Waals surface area (Å²) < 4.78 is 26.9. The summed E-state index contributed by atoms with van der Waals surface area (Å²) >= 11 is 1.38. The predicted molar refractivity (Wildman–Crippen MR) is 79.1 cm³/mol. The van der Waals surface area contributed by atoms with Crippen LogP contribution in [0.15, 0.2) is 16.3 Å². The zero-order chi connectivity index (χ0) is 13.9. The molecule has 1 aliphatic heterocycles. The molecular weight excluding hydrogens is 280 g/mol. The zero-order valence-electron chi connectivity index (χ0n) is 11.6. The van der Waals surface area contributed by atoms with E-state index >= 15 is 0 Å². The summed E-state index contributed by atoms with van der Waals surface area (Å²) in [6.07, 6.45) is 3.13. The van der Waals surface area contributed by atoms with Crippen molar-refractivity contribution in [1.29, 1.82) is 0 Å². The minimum atomic E-state index is -3.30. The topological polar surface area (TPSA) is 49.4 Å². The number of nitrogens with zero attached hydrogens (tertiary/aromatic N) is 1. The van der Waals surface area contributed by atoms with E-state index in [-0.39, 0.29) is 0 Å². The molecule has 0 bridgehead atoms. The van der Waals surface area contributed by atoms with Gasteiger partial charge in [-0.15, -0.1) is 11.3 Å². The van der Waals surface area contributed by atoms with E-state index in [1.165, 1.54) is 15.6 Å². The quantitative estimate of drug-likeness (QED) is 0.904. The summed E-state index contributed by atoms with van der Waals surface area (Å²) in [5, 5.41) is 3.33. The van der Waals surface area contributed by atoms with Crippen LogP contribution in [0.1, 0.15) is 24.6 Å². The maximum absolute atomic E-state index is 12.5. The largest absolute Gasteiger partial charge is 0.316 e. The first-order chi connectivity index (χ1) is 9.04. The highest BCUT2D eigenvalue weighted by molar-refractivity contribution is 7.91. The highest BCUT2D eigenvalue weighted by atomic mass is 32.2. The summed E-state index contributed by atoms with van der Waals surface area (Å²) in [5.74, 6) is 0.430. The Labute approximate surface area is 119 Å². The molecule has 1 unspecified atom stereocenters. The van der Waals surface area contributed by atoms with Crippen molar-refractivity contribution in [2.75, 3.05) is 26.7 Å². The molecule has 1 aliphatic rings. The van der Waals surface area contributed by atoms with Crippen LogP contribution in [-0.2, 0) is 16.4 Å². The zero-order valence-corrected chi connectivity index (χ0v) is 13.2. The Bertz CT molecular complexity index is 504. The average Bonchev–Trinajstić information content (AvgIpc) is 2.89. The number of hydrogen-bond acceptors (Lipinski definition) is 4. The van der Waals surface area contributed by atoms with Gasteiger partial charge in [0.2, 0.25) is 0 Å². The maximum Gasteiger partial charge on any atom is 0.252 e. The molecule has 6 heteroatoms. The smallest absolute Gasteiger partial charge is 0.252 e. The Morgan fingerprint density at radius 1 is 1.47 bits per heavy atom. The number of piperidine rings is 1.